The van der Waals surface area contributed by atoms with Crippen LogP contribution in [0.3, 0.4) is 0 Å². The average Bonchev–Trinajstić information content (AvgIpc) is 2.91. The van der Waals surface area contributed by atoms with Crippen LogP contribution in [0.1, 0.15) is 28.7 Å². The Morgan fingerprint density at radius 2 is 1.60 bits per heavy atom. The van der Waals surface area contributed by atoms with Gasteiger partial charge in [0.25, 0.3) is 0 Å². The van der Waals surface area contributed by atoms with E-state index in [9.17, 15) is 13.2 Å². The van der Waals surface area contributed by atoms with Crippen molar-refractivity contribution in [3.8, 4) is 0 Å². The van der Waals surface area contributed by atoms with Gasteiger partial charge in [-0.05, 0) is 66.9 Å². The first-order chi connectivity index (χ1) is 11.4. The van der Waals surface area contributed by atoms with Gasteiger partial charge in [-0.3, -0.25) is 0 Å². The summed E-state index contributed by atoms with van der Waals surface area (Å²) in [4.78, 5) is 2.12. The van der Waals surface area contributed by atoms with E-state index in [-0.39, 0.29) is 12.4 Å². The van der Waals surface area contributed by atoms with Crippen molar-refractivity contribution in [3.05, 3.63) is 70.8 Å². The average molecular weight is 368 g/mol. The van der Waals surface area contributed by atoms with Crippen molar-refractivity contribution in [3.63, 3.8) is 0 Å². The van der Waals surface area contributed by atoms with E-state index in [2.05, 4.69) is 17.0 Å². The van der Waals surface area contributed by atoms with Crippen LogP contribution in [0.4, 0.5) is 13.2 Å². The fourth-order valence-corrected chi connectivity index (χ4v) is 3.19. The monoisotopic (exact) mass is 367 g/mol. The molecule has 0 fully saturated rings. The minimum absolute atomic E-state index is 0. The zero-order chi connectivity index (χ0) is 17.3. The molecule has 0 aromatic heterocycles. The Kier molecular flexibility index (Phi) is 5.96. The minimum atomic E-state index is -4.29. The summed E-state index contributed by atoms with van der Waals surface area (Å²) in [6.45, 7) is 0.911. The summed E-state index contributed by atoms with van der Waals surface area (Å²) in [7, 11) is 4.05. The van der Waals surface area contributed by atoms with E-state index in [0.29, 0.717) is 0 Å². The molecule has 0 N–H and O–H groups in total. The van der Waals surface area contributed by atoms with Crippen LogP contribution in [-0.4, -0.2) is 25.5 Å². The number of rotatable bonds is 4. The van der Waals surface area contributed by atoms with Crippen LogP contribution in [0.15, 0.2) is 48.5 Å². The van der Waals surface area contributed by atoms with Crippen LogP contribution in [0, 0.1) is 0 Å². The van der Waals surface area contributed by atoms with E-state index in [1.165, 1.54) is 28.8 Å². The second kappa shape index (κ2) is 7.63. The van der Waals surface area contributed by atoms with Gasteiger partial charge in [-0.2, -0.15) is 13.2 Å². The third-order valence-electron chi connectivity index (χ3n) is 4.44. The zero-order valence-electron chi connectivity index (χ0n) is 14.2. The summed E-state index contributed by atoms with van der Waals surface area (Å²) >= 11 is 0. The lowest BCUT2D eigenvalue weighted by molar-refractivity contribution is -0.137. The third kappa shape index (κ3) is 4.25. The summed E-state index contributed by atoms with van der Waals surface area (Å²) in [5.41, 5.74) is 5.16. The first kappa shape index (κ1) is 19.5. The van der Waals surface area contributed by atoms with Gasteiger partial charge in [-0.1, -0.05) is 36.4 Å². The van der Waals surface area contributed by atoms with Crippen LogP contribution in [0.25, 0.3) is 11.1 Å². The maximum atomic E-state index is 12.8. The number of alkyl halides is 3. The maximum Gasteiger partial charge on any atom is 0.416 e. The van der Waals surface area contributed by atoms with Gasteiger partial charge in [0.2, 0.25) is 0 Å². The second-order valence-electron chi connectivity index (χ2n) is 6.42. The van der Waals surface area contributed by atoms with Gasteiger partial charge in [0, 0.05) is 6.54 Å². The molecule has 134 valence electrons. The molecule has 0 amide bonds. The van der Waals surface area contributed by atoms with Gasteiger partial charge in [0.05, 0.1) is 5.56 Å². The predicted octanol–water partition coefficient (Wildman–Crippen LogP) is 5.55. The second-order valence-corrected chi connectivity index (χ2v) is 6.42. The molecule has 1 nitrogen and oxygen atoms in total. The topological polar surface area (TPSA) is 3.24 Å². The van der Waals surface area contributed by atoms with Gasteiger partial charge in [0.1, 0.15) is 0 Å². The fourth-order valence-electron chi connectivity index (χ4n) is 3.19. The molecule has 2 aromatic rings. The number of allylic oxidation sites excluding steroid dienone is 1. The van der Waals surface area contributed by atoms with E-state index in [4.69, 9.17) is 0 Å². The molecular formula is C20H21ClF3N. The zero-order valence-corrected chi connectivity index (χ0v) is 15.0. The molecule has 0 radical (unpaired) electrons. The third-order valence-corrected chi connectivity index (χ3v) is 4.44. The first-order valence-corrected chi connectivity index (χ1v) is 7.99. The molecule has 0 spiro atoms. The number of halogens is 4. The Morgan fingerprint density at radius 1 is 0.960 bits per heavy atom. The van der Waals surface area contributed by atoms with E-state index in [0.717, 1.165) is 30.5 Å². The number of hydrogen-bond donors (Lipinski definition) is 0. The molecule has 2 aromatic carbocycles. The van der Waals surface area contributed by atoms with Gasteiger partial charge >= 0.3 is 6.18 Å². The number of hydrogen-bond acceptors (Lipinski definition) is 1. The number of fused-ring (bicyclic) bond motifs is 1. The molecule has 0 atom stereocenters. The van der Waals surface area contributed by atoms with E-state index in [1.807, 2.05) is 26.2 Å². The lowest BCUT2D eigenvalue weighted by Crippen LogP contribution is -2.13. The SMILES string of the molecule is CN(C)CCC1=C(c2ccc(C(F)(F)F)cc2)Cc2ccccc21.Cl. The molecule has 0 heterocycles. The van der Waals surface area contributed by atoms with Gasteiger partial charge in [-0.25, -0.2) is 0 Å². The maximum absolute atomic E-state index is 12.8. The Bertz CT molecular complexity index is 761. The normalized spacial score (nSPS) is 13.8. The van der Waals surface area contributed by atoms with Gasteiger partial charge in [-0.15, -0.1) is 12.4 Å². The van der Waals surface area contributed by atoms with Crippen molar-refractivity contribution in [2.24, 2.45) is 0 Å². The minimum Gasteiger partial charge on any atom is -0.309 e. The lowest BCUT2D eigenvalue weighted by atomic mass is 9.97. The van der Waals surface area contributed by atoms with Crippen molar-refractivity contribution in [1.29, 1.82) is 0 Å². The summed E-state index contributed by atoms with van der Waals surface area (Å²) in [6.07, 6.45) is -2.62. The van der Waals surface area contributed by atoms with E-state index in [1.54, 1.807) is 12.1 Å². The van der Waals surface area contributed by atoms with Crippen molar-refractivity contribution < 1.29 is 13.2 Å². The molecule has 0 bridgehead atoms. The molecule has 0 saturated carbocycles. The van der Waals surface area contributed by atoms with Gasteiger partial charge < -0.3 is 4.90 Å². The largest absolute Gasteiger partial charge is 0.416 e. The van der Waals surface area contributed by atoms with Crippen molar-refractivity contribution in [1.82, 2.24) is 4.90 Å². The van der Waals surface area contributed by atoms with Crippen LogP contribution in [0.5, 0.6) is 0 Å². The molecule has 5 heteroatoms. The van der Waals surface area contributed by atoms with Crippen LogP contribution >= 0.6 is 12.4 Å². The highest BCUT2D eigenvalue weighted by molar-refractivity contribution is 5.97. The number of benzene rings is 2. The van der Waals surface area contributed by atoms with Crippen molar-refractivity contribution in [2.45, 2.75) is 19.0 Å². The Balaban J connectivity index is 0.00000225. The molecule has 0 aliphatic heterocycles. The summed E-state index contributed by atoms with van der Waals surface area (Å²) in [5.74, 6) is 0. The smallest absolute Gasteiger partial charge is 0.309 e. The first-order valence-electron chi connectivity index (χ1n) is 7.99. The van der Waals surface area contributed by atoms with Crippen LogP contribution < -0.4 is 0 Å². The Hall–Kier alpha value is -1.78. The summed E-state index contributed by atoms with van der Waals surface area (Å²) < 4.78 is 38.3. The highest BCUT2D eigenvalue weighted by atomic mass is 35.5. The molecular weight excluding hydrogens is 347 g/mol. The molecule has 3 rings (SSSR count). The summed E-state index contributed by atoms with van der Waals surface area (Å²) in [5, 5.41) is 0. The molecule has 1 aliphatic carbocycles. The molecule has 1 aliphatic rings. The van der Waals surface area contributed by atoms with E-state index >= 15 is 0 Å². The quantitative estimate of drug-likeness (QED) is 0.685. The molecule has 0 unspecified atom stereocenters. The molecule has 25 heavy (non-hydrogen) atoms. The highest BCUT2D eigenvalue weighted by Gasteiger charge is 2.30. The van der Waals surface area contributed by atoms with Crippen molar-refractivity contribution in [2.75, 3.05) is 20.6 Å². The fraction of sp³-hybridized carbons (Fsp3) is 0.300. The van der Waals surface area contributed by atoms with Crippen molar-refractivity contribution >= 4 is 23.6 Å². The Morgan fingerprint density at radius 3 is 2.20 bits per heavy atom. The van der Waals surface area contributed by atoms with Crippen LogP contribution in [-0.2, 0) is 12.6 Å². The highest BCUT2D eigenvalue weighted by Crippen LogP contribution is 2.40. The Labute approximate surface area is 152 Å². The lowest BCUT2D eigenvalue weighted by Gasteiger charge is -2.14. The standard InChI is InChI=1S/C20H20F3N.ClH/c1-24(2)12-11-18-17-6-4-3-5-15(17)13-19(18)14-7-9-16(10-8-14)20(21,22)23;/h3-10H,11-13H2,1-2H3;1H. The van der Waals surface area contributed by atoms with Crippen LogP contribution in [0.2, 0.25) is 0 Å². The number of nitrogens with zero attached hydrogens (tertiary/aromatic N) is 1. The predicted molar refractivity (Wildman–Crippen MR) is 98.8 cm³/mol. The summed E-state index contributed by atoms with van der Waals surface area (Å²) in [6, 6.07) is 13.8. The van der Waals surface area contributed by atoms with E-state index < -0.39 is 11.7 Å². The van der Waals surface area contributed by atoms with Gasteiger partial charge in [0.15, 0.2) is 0 Å². The molecule has 0 saturated heterocycles.